The van der Waals surface area contributed by atoms with E-state index in [1.165, 1.54) is 16.7 Å². The SMILES string of the molecule is Cc1ccc(C)c(C(C)(O)c2cc(C)c(C)cc2C)c1. The monoisotopic (exact) mass is 268 g/mol. The van der Waals surface area contributed by atoms with Gasteiger partial charge in [0, 0.05) is 0 Å². The molecule has 0 radical (unpaired) electrons. The van der Waals surface area contributed by atoms with Gasteiger partial charge in [0.15, 0.2) is 0 Å². The van der Waals surface area contributed by atoms with E-state index in [1.54, 1.807) is 0 Å². The summed E-state index contributed by atoms with van der Waals surface area (Å²) in [6, 6.07) is 10.5. The van der Waals surface area contributed by atoms with E-state index in [0.29, 0.717) is 0 Å². The van der Waals surface area contributed by atoms with Crippen LogP contribution in [0.15, 0.2) is 30.3 Å². The maximum absolute atomic E-state index is 11.2. The van der Waals surface area contributed by atoms with E-state index < -0.39 is 5.60 Å². The van der Waals surface area contributed by atoms with Crippen molar-refractivity contribution in [3.05, 3.63) is 69.3 Å². The highest BCUT2D eigenvalue weighted by Gasteiger charge is 2.29. The molecular weight excluding hydrogens is 244 g/mol. The summed E-state index contributed by atoms with van der Waals surface area (Å²) < 4.78 is 0. The summed E-state index contributed by atoms with van der Waals surface area (Å²) in [7, 11) is 0. The third-order valence-electron chi connectivity index (χ3n) is 4.28. The van der Waals surface area contributed by atoms with Gasteiger partial charge in [-0.3, -0.25) is 0 Å². The van der Waals surface area contributed by atoms with Gasteiger partial charge in [0.05, 0.1) is 0 Å². The molecule has 2 rings (SSSR count). The van der Waals surface area contributed by atoms with Crippen molar-refractivity contribution in [3.8, 4) is 0 Å². The predicted molar refractivity (Wildman–Crippen MR) is 85.2 cm³/mol. The lowest BCUT2D eigenvalue weighted by Gasteiger charge is -2.29. The molecule has 0 aliphatic carbocycles. The van der Waals surface area contributed by atoms with E-state index in [-0.39, 0.29) is 0 Å². The zero-order chi connectivity index (χ0) is 15.1. The Balaban J connectivity index is 2.66. The zero-order valence-electron chi connectivity index (χ0n) is 13.3. The smallest absolute Gasteiger partial charge is 0.112 e. The molecule has 0 fully saturated rings. The molecule has 0 bridgehead atoms. The van der Waals surface area contributed by atoms with Crippen molar-refractivity contribution in [2.45, 2.75) is 47.1 Å². The van der Waals surface area contributed by atoms with Gasteiger partial charge in [-0.05, 0) is 74.9 Å². The van der Waals surface area contributed by atoms with Gasteiger partial charge in [-0.25, -0.2) is 0 Å². The second-order valence-corrected chi connectivity index (χ2v) is 6.14. The van der Waals surface area contributed by atoms with Crippen molar-refractivity contribution in [3.63, 3.8) is 0 Å². The lowest BCUT2D eigenvalue weighted by molar-refractivity contribution is 0.101. The number of aliphatic hydroxyl groups is 1. The summed E-state index contributed by atoms with van der Waals surface area (Å²) in [5.41, 5.74) is 6.94. The van der Waals surface area contributed by atoms with E-state index in [1.807, 2.05) is 6.92 Å². The summed E-state index contributed by atoms with van der Waals surface area (Å²) in [6.45, 7) is 12.3. The Morgan fingerprint density at radius 1 is 0.700 bits per heavy atom. The lowest BCUT2D eigenvalue weighted by atomic mass is 9.81. The van der Waals surface area contributed by atoms with Crippen molar-refractivity contribution in [2.75, 3.05) is 0 Å². The van der Waals surface area contributed by atoms with Crippen LogP contribution in [0.5, 0.6) is 0 Å². The van der Waals surface area contributed by atoms with Gasteiger partial charge < -0.3 is 5.11 Å². The van der Waals surface area contributed by atoms with Gasteiger partial charge >= 0.3 is 0 Å². The summed E-state index contributed by atoms with van der Waals surface area (Å²) in [5.74, 6) is 0. The minimum absolute atomic E-state index is 0.960. The minimum atomic E-state index is -0.960. The fraction of sp³-hybridized carbons (Fsp3) is 0.368. The van der Waals surface area contributed by atoms with E-state index in [2.05, 4.69) is 65.0 Å². The number of hydrogen-bond acceptors (Lipinski definition) is 1. The topological polar surface area (TPSA) is 20.2 Å². The van der Waals surface area contributed by atoms with Crippen LogP contribution in [0.2, 0.25) is 0 Å². The highest BCUT2D eigenvalue weighted by Crippen LogP contribution is 2.35. The Labute approximate surface area is 122 Å². The Bertz CT molecular complexity index is 651. The first-order chi connectivity index (χ1) is 9.23. The van der Waals surface area contributed by atoms with Crippen LogP contribution in [-0.4, -0.2) is 5.11 Å². The fourth-order valence-electron chi connectivity index (χ4n) is 2.89. The van der Waals surface area contributed by atoms with Gasteiger partial charge in [-0.1, -0.05) is 35.9 Å². The van der Waals surface area contributed by atoms with Crippen molar-refractivity contribution in [1.82, 2.24) is 0 Å². The molecule has 20 heavy (non-hydrogen) atoms. The highest BCUT2D eigenvalue weighted by molar-refractivity contribution is 5.47. The largest absolute Gasteiger partial charge is 0.381 e. The first-order valence-corrected chi connectivity index (χ1v) is 7.12. The van der Waals surface area contributed by atoms with Crippen LogP contribution in [0, 0.1) is 34.6 Å². The van der Waals surface area contributed by atoms with E-state index in [4.69, 9.17) is 0 Å². The van der Waals surface area contributed by atoms with Crippen LogP contribution < -0.4 is 0 Å². The molecule has 0 heterocycles. The Morgan fingerprint density at radius 2 is 1.25 bits per heavy atom. The Kier molecular flexibility index (Phi) is 3.75. The van der Waals surface area contributed by atoms with Gasteiger partial charge in [-0.2, -0.15) is 0 Å². The molecule has 2 aromatic carbocycles. The number of benzene rings is 2. The first kappa shape index (κ1) is 14.8. The second kappa shape index (κ2) is 5.06. The van der Waals surface area contributed by atoms with E-state index in [9.17, 15) is 5.11 Å². The quantitative estimate of drug-likeness (QED) is 0.851. The normalized spacial score (nSPS) is 14.2. The van der Waals surface area contributed by atoms with Crippen LogP contribution >= 0.6 is 0 Å². The predicted octanol–water partition coefficient (Wildman–Crippen LogP) is 4.48. The van der Waals surface area contributed by atoms with E-state index in [0.717, 1.165) is 22.3 Å². The summed E-state index contributed by atoms with van der Waals surface area (Å²) >= 11 is 0. The summed E-state index contributed by atoms with van der Waals surface area (Å²) in [6.07, 6.45) is 0. The molecule has 0 amide bonds. The molecule has 1 nitrogen and oxygen atoms in total. The third-order valence-corrected chi connectivity index (χ3v) is 4.28. The molecule has 0 spiro atoms. The molecule has 2 aromatic rings. The number of aryl methyl sites for hydroxylation is 5. The van der Waals surface area contributed by atoms with Crippen LogP contribution in [0.1, 0.15) is 45.9 Å². The second-order valence-electron chi connectivity index (χ2n) is 6.14. The maximum Gasteiger partial charge on any atom is 0.112 e. The van der Waals surface area contributed by atoms with Crippen molar-refractivity contribution < 1.29 is 5.11 Å². The highest BCUT2D eigenvalue weighted by atomic mass is 16.3. The molecule has 1 atom stereocenters. The number of rotatable bonds is 2. The third kappa shape index (κ3) is 2.51. The molecule has 0 aromatic heterocycles. The van der Waals surface area contributed by atoms with Gasteiger partial charge in [0.25, 0.3) is 0 Å². The lowest BCUT2D eigenvalue weighted by Crippen LogP contribution is -2.25. The molecular formula is C19H24O. The van der Waals surface area contributed by atoms with E-state index >= 15 is 0 Å². The van der Waals surface area contributed by atoms with Crippen molar-refractivity contribution in [1.29, 1.82) is 0 Å². The number of hydrogen-bond donors (Lipinski definition) is 1. The van der Waals surface area contributed by atoms with Crippen LogP contribution in [0.25, 0.3) is 0 Å². The molecule has 0 saturated carbocycles. The standard InChI is InChI=1S/C19H24O/c1-12-7-8-13(2)17(9-12)19(6,20)18-11-15(4)14(3)10-16(18)5/h7-11,20H,1-6H3. The molecule has 0 aliphatic heterocycles. The van der Waals surface area contributed by atoms with Crippen molar-refractivity contribution >= 4 is 0 Å². The van der Waals surface area contributed by atoms with Crippen LogP contribution in [0.3, 0.4) is 0 Å². The molecule has 106 valence electrons. The maximum atomic E-state index is 11.2. The molecule has 0 saturated heterocycles. The summed E-state index contributed by atoms with van der Waals surface area (Å²) in [5, 5.41) is 11.2. The fourth-order valence-corrected chi connectivity index (χ4v) is 2.89. The van der Waals surface area contributed by atoms with Gasteiger partial charge in [-0.15, -0.1) is 0 Å². The average molecular weight is 268 g/mol. The molecule has 1 unspecified atom stereocenters. The van der Waals surface area contributed by atoms with Crippen LogP contribution in [0.4, 0.5) is 0 Å². The first-order valence-electron chi connectivity index (χ1n) is 7.12. The minimum Gasteiger partial charge on any atom is -0.381 e. The van der Waals surface area contributed by atoms with Gasteiger partial charge in [0.2, 0.25) is 0 Å². The Morgan fingerprint density at radius 3 is 1.90 bits per heavy atom. The molecule has 1 heteroatoms. The Hall–Kier alpha value is -1.60. The van der Waals surface area contributed by atoms with Gasteiger partial charge in [0.1, 0.15) is 5.60 Å². The molecule has 1 N–H and O–H groups in total. The van der Waals surface area contributed by atoms with Crippen molar-refractivity contribution in [2.24, 2.45) is 0 Å². The van der Waals surface area contributed by atoms with Crippen LogP contribution in [-0.2, 0) is 5.60 Å². The molecule has 0 aliphatic rings. The summed E-state index contributed by atoms with van der Waals surface area (Å²) in [4.78, 5) is 0. The average Bonchev–Trinajstić information content (AvgIpc) is 2.36. The zero-order valence-corrected chi connectivity index (χ0v) is 13.3.